The highest BCUT2D eigenvalue weighted by Crippen LogP contribution is 2.62. The Morgan fingerprint density at radius 1 is 1.05 bits per heavy atom. The molecule has 3 heterocycles. The number of methoxy groups -OCH3 is 1. The Morgan fingerprint density at radius 3 is 2.60 bits per heavy atom. The van der Waals surface area contributed by atoms with Gasteiger partial charge < -0.3 is 50.8 Å². The number of phenolic OH excluding ortho intramolecular Hbond substituents is 2. The van der Waals surface area contributed by atoms with Gasteiger partial charge in [-0.25, -0.2) is 4.98 Å². The number of hydrogen-bond donors (Lipinski definition) is 6. The summed E-state index contributed by atoms with van der Waals surface area (Å²) in [6.07, 6.45) is 3.55. The van der Waals surface area contributed by atoms with E-state index in [4.69, 9.17) is 29.7 Å². The van der Waals surface area contributed by atoms with Gasteiger partial charge in [0, 0.05) is 72.3 Å². The maximum absolute atomic E-state index is 12.5. The maximum Gasteiger partial charge on any atom is 0.302 e. The van der Waals surface area contributed by atoms with Crippen LogP contribution >= 0.6 is 0 Å². The lowest BCUT2D eigenvalue weighted by Gasteiger charge is -2.39. The van der Waals surface area contributed by atoms with Gasteiger partial charge >= 0.3 is 5.97 Å². The Hall–Kier alpha value is -5.48. The second-order valence-electron chi connectivity index (χ2n) is 16.2. The molecule has 58 heavy (non-hydrogen) atoms. The number of pyridine rings is 1. The Kier molecular flexibility index (Phi) is 10.9. The number of nitrogen functional groups attached to an aromatic ring is 1. The fourth-order valence-electron chi connectivity index (χ4n) is 10.1. The number of rotatable bonds is 11. The number of carbonyl (C=O) groups is 1. The van der Waals surface area contributed by atoms with E-state index in [2.05, 4.69) is 46.0 Å². The van der Waals surface area contributed by atoms with Gasteiger partial charge in [0.05, 0.1) is 13.0 Å². The predicted molar refractivity (Wildman–Crippen MR) is 222 cm³/mol. The Labute approximate surface area is 339 Å². The zero-order valence-electron chi connectivity index (χ0n) is 33.9. The first-order valence-corrected chi connectivity index (χ1v) is 20.2. The molecule has 304 valence electrons. The summed E-state index contributed by atoms with van der Waals surface area (Å²) in [4.78, 5) is 17.2. The minimum Gasteiger partial charge on any atom is -0.508 e. The van der Waals surface area contributed by atoms with Crippen LogP contribution in [-0.2, 0) is 40.8 Å². The number of benzene rings is 3. The number of hydrogen-bond acceptors (Lipinski definition) is 12. The molecular formula is C46H53N5O7. The lowest BCUT2D eigenvalue weighted by molar-refractivity contribution is -0.141. The highest BCUT2D eigenvalue weighted by Gasteiger charge is 2.51. The lowest BCUT2D eigenvalue weighted by Crippen LogP contribution is -2.37. The minimum absolute atomic E-state index is 0.0282. The molecule has 7 N–H and O–H groups in total. The number of nitrogens with two attached hydrogens (primary N) is 1. The number of phenols is 2. The van der Waals surface area contributed by atoms with E-state index in [1.807, 2.05) is 39.3 Å². The summed E-state index contributed by atoms with van der Waals surface area (Å²) in [6, 6.07) is 13.6. The summed E-state index contributed by atoms with van der Waals surface area (Å²) in [5, 5.41) is 32.6. The van der Waals surface area contributed by atoms with Crippen LogP contribution in [0.5, 0.6) is 28.7 Å². The number of fused-ring (bicyclic) bond motifs is 7. The van der Waals surface area contributed by atoms with Gasteiger partial charge in [-0.2, -0.15) is 0 Å². The zero-order chi connectivity index (χ0) is 40.7. The molecule has 12 nitrogen and oxygen atoms in total. The average Bonchev–Trinajstić information content (AvgIpc) is 3.77. The number of nitrogens with zero attached hydrogens (tertiary/aromatic N) is 1. The number of ether oxygens (including phenoxy) is 4. The highest BCUT2D eigenvalue weighted by atomic mass is 16.5. The third-order valence-corrected chi connectivity index (χ3v) is 12.4. The van der Waals surface area contributed by atoms with E-state index in [-0.39, 0.29) is 42.0 Å². The van der Waals surface area contributed by atoms with Crippen LogP contribution in [0.15, 0.2) is 42.5 Å². The van der Waals surface area contributed by atoms with Gasteiger partial charge in [0.2, 0.25) is 0 Å². The Bertz CT molecular complexity index is 2310. The number of anilines is 1. The number of nitrogens with one attached hydrogen (secondary N) is 3. The first-order chi connectivity index (χ1) is 28.1. The number of carbonyl (C=O) groups excluding carboxylic acids is 1. The first-order valence-electron chi connectivity index (χ1n) is 20.2. The van der Waals surface area contributed by atoms with Crippen LogP contribution in [0.2, 0.25) is 0 Å². The average molecular weight is 788 g/mol. The molecule has 0 amide bonds. The molecule has 2 aliphatic carbocycles. The number of esters is 1. The Morgan fingerprint density at radius 2 is 1.86 bits per heavy atom. The van der Waals surface area contributed by atoms with Crippen molar-refractivity contribution in [3.8, 4) is 51.7 Å². The van der Waals surface area contributed by atoms with Crippen molar-refractivity contribution in [3.63, 3.8) is 0 Å². The fraction of sp³-hybridized carbons (Fsp3) is 0.435. The molecule has 12 heteroatoms. The first kappa shape index (κ1) is 39.4. The van der Waals surface area contributed by atoms with Crippen molar-refractivity contribution in [2.75, 3.05) is 53.7 Å². The second-order valence-corrected chi connectivity index (χ2v) is 16.2. The van der Waals surface area contributed by atoms with Crippen molar-refractivity contribution in [1.29, 1.82) is 0 Å². The molecule has 1 fully saturated rings. The third-order valence-electron chi connectivity index (χ3n) is 12.4. The molecule has 1 spiro atoms. The van der Waals surface area contributed by atoms with Gasteiger partial charge in [0.25, 0.3) is 0 Å². The van der Waals surface area contributed by atoms with Crippen molar-refractivity contribution in [3.05, 3.63) is 87.1 Å². The van der Waals surface area contributed by atoms with Crippen LogP contribution in [0.25, 0.3) is 11.1 Å². The molecule has 0 saturated heterocycles. The summed E-state index contributed by atoms with van der Waals surface area (Å²) < 4.78 is 25.8. The third kappa shape index (κ3) is 7.05. The van der Waals surface area contributed by atoms with Crippen molar-refractivity contribution in [2.24, 2.45) is 5.92 Å². The summed E-state index contributed by atoms with van der Waals surface area (Å²) in [6.45, 7) is 2.91. The van der Waals surface area contributed by atoms with E-state index < -0.39 is 12.0 Å². The number of likely N-dealkylation sites (N-methyl/N-ethyl adjacent to an activating group) is 2. The summed E-state index contributed by atoms with van der Waals surface area (Å²) in [5.41, 5.74) is 14.9. The number of aromatic hydroxyl groups is 2. The van der Waals surface area contributed by atoms with Crippen LogP contribution < -0.4 is 35.9 Å². The van der Waals surface area contributed by atoms with Crippen molar-refractivity contribution >= 4 is 11.8 Å². The van der Waals surface area contributed by atoms with Crippen LogP contribution in [0.4, 0.5) is 5.82 Å². The second kappa shape index (κ2) is 16.0. The van der Waals surface area contributed by atoms with Crippen LogP contribution in [0.1, 0.15) is 82.8 Å². The van der Waals surface area contributed by atoms with E-state index in [0.29, 0.717) is 60.5 Å². The smallest absolute Gasteiger partial charge is 0.302 e. The molecule has 4 aliphatic rings. The summed E-state index contributed by atoms with van der Waals surface area (Å²) in [5.74, 6) is 8.64. The van der Waals surface area contributed by atoms with E-state index in [1.54, 1.807) is 13.2 Å². The lowest BCUT2D eigenvalue weighted by atomic mass is 9.65. The molecule has 4 aromatic rings. The van der Waals surface area contributed by atoms with Gasteiger partial charge in [-0.15, -0.1) is 0 Å². The van der Waals surface area contributed by atoms with E-state index in [9.17, 15) is 15.0 Å². The summed E-state index contributed by atoms with van der Waals surface area (Å²) in [7, 11) is 7.20. The quantitative estimate of drug-likeness (QED) is 0.0872. The van der Waals surface area contributed by atoms with E-state index in [1.165, 1.54) is 6.92 Å². The van der Waals surface area contributed by atoms with Gasteiger partial charge in [-0.1, -0.05) is 24.1 Å². The molecule has 4 atom stereocenters. The normalized spacial score (nSPS) is 21.0. The topological polar surface area (TPSA) is 169 Å². The van der Waals surface area contributed by atoms with Crippen molar-refractivity contribution < 1.29 is 34.0 Å². The van der Waals surface area contributed by atoms with Gasteiger partial charge in [-0.05, 0) is 106 Å². The van der Waals surface area contributed by atoms with Crippen molar-refractivity contribution in [2.45, 2.75) is 75.5 Å². The molecule has 2 aliphatic heterocycles. The molecule has 1 saturated carbocycles. The van der Waals surface area contributed by atoms with Gasteiger partial charge in [-0.3, -0.25) is 4.79 Å². The molecule has 3 aromatic carbocycles. The van der Waals surface area contributed by atoms with Crippen molar-refractivity contribution in [1.82, 2.24) is 20.9 Å². The van der Waals surface area contributed by atoms with Gasteiger partial charge in [0.1, 0.15) is 47.6 Å². The van der Waals surface area contributed by atoms with Crippen LogP contribution in [-0.4, -0.2) is 75.2 Å². The molecule has 4 bridgehead atoms. The van der Waals surface area contributed by atoms with E-state index in [0.717, 1.165) is 75.9 Å². The minimum atomic E-state index is -0.633. The number of aromatic nitrogens is 1. The Balaban J connectivity index is 1.41. The van der Waals surface area contributed by atoms with E-state index >= 15 is 0 Å². The predicted octanol–water partition coefficient (Wildman–Crippen LogP) is 5.18. The monoisotopic (exact) mass is 787 g/mol. The summed E-state index contributed by atoms with van der Waals surface area (Å²) >= 11 is 0. The maximum atomic E-state index is 12.5. The van der Waals surface area contributed by atoms with Crippen LogP contribution in [0.3, 0.4) is 0 Å². The highest BCUT2D eigenvalue weighted by molar-refractivity contribution is 5.84. The zero-order valence-corrected chi connectivity index (χ0v) is 33.9. The molecule has 4 unspecified atom stereocenters. The molecule has 1 aromatic heterocycles. The standard InChI is InChI=1S/C46H53N5O7/c1-25(52)56-24-36-32-10-11-33-41-28(16-29(53)17-38(41)55-5)20-46-14-13-26(19-46)15-27-9-12-40(47)51-37(27)8-6-7-31-34(44(36)58-45(32)42(33)46)18-39(43(54)35(31)23-50-4)57-30(21-48-2)22-49-3/h9-12,16-18,26,30,36,44,48-50,53-54H,7,13-15,19-24H2,1-5H3,(H2,47,51). The SMILES string of the molecule is CNCc1c(O)c(OC(CNC)CNC)cc2c1CC#Cc1nc(N)ccc1CC1CCC3(Cc4cc(O)cc(OC)c4-c4ccc5c(c43)OC2C5COC(C)=O)C1. The largest absolute Gasteiger partial charge is 0.508 e. The molecule has 8 rings (SSSR count). The van der Waals surface area contributed by atoms with Crippen LogP contribution in [0, 0.1) is 17.8 Å². The molecular weight excluding hydrogens is 735 g/mol. The fourth-order valence-corrected chi connectivity index (χ4v) is 10.1. The van der Waals surface area contributed by atoms with Gasteiger partial charge in [0.15, 0.2) is 11.5 Å². The molecule has 0 radical (unpaired) electrons.